The maximum absolute atomic E-state index is 12.5. The van der Waals surface area contributed by atoms with Crippen molar-refractivity contribution >= 4 is 17.5 Å². The minimum atomic E-state index is -0.417. The molecule has 22 heavy (non-hydrogen) atoms. The van der Waals surface area contributed by atoms with Crippen molar-refractivity contribution in [1.82, 2.24) is 10.7 Å². The van der Waals surface area contributed by atoms with Crippen LogP contribution in [0.2, 0.25) is 0 Å². The van der Waals surface area contributed by atoms with Crippen LogP contribution in [-0.2, 0) is 4.79 Å². The van der Waals surface area contributed by atoms with Crippen LogP contribution in [0.1, 0.15) is 36.0 Å². The molecule has 1 spiro atoms. The highest BCUT2D eigenvalue weighted by atomic mass is 16.2. The van der Waals surface area contributed by atoms with Gasteiger partial charge in [-0.25, -0.2) is 5.84 Å². The first-order chi connectivity index (χ1) is 10.6. The Morgan fingerprint density at radius 2 is 2.09 bits per heavy atom. The number of amides is 2. The van der Waals surface area contributed by atoms with E-state index < -0.39 is 5.66 Å². The second-order valence-corrected chi connectivity index (χ2v) is 6.69. The fourth-order valence-electron chi connectivity index (χ4n) is 4.57. The summed E-state index contributed by atoms with van der Waals surface area (Å²) < 4.78 is 0. The van der Waals surface area contributed by atoms with E-state index in [1.54, 1.807) is 0 Å². The standard InChI is InChI=1S/C16H20N4O2/c17-20-15(22)12-7-10-6-5-9(12)8-16(10)18-13-4-2-1-3-11(13)14(21)19-16/h1-4,9-10,12,18H,5-8,17H2,(H,19,21)(H,20,22)/t9-,10+,12-,16-/m0/s1. The van der Waals surface area contributed by atoms with Crippen LogP contribution in [0.4, 0.5) is 5.69 Å². The summed E-state index contributed by atoms with van der Waals surface area (Å²) in [5.74, 6) is 5.67. The van der Waals surface area contributed by atoms with Crippen LogP contribution < -0.4 is 21.9 Å². The molecule has 3 fully saturated rings. The Bertz CT molecular complexity index is 647. The Labute approximate surface area is 128 Å². The van der Waals surface area contributed by atoms with E-state index in [1.165, 1.54) is 0 Å². The molecule has 0 unspecified atom stereocenters. The third kappa shape index (κ3) is 1.83. The van der Waals surface area contributed by atoms with E-state index in [2.05, 4.69) is 16.1 Å². The summed E-state index contributed by atoms with van der Waals surface area (Å²) in [6, 6.07) is 7.58. The number of fused-ring (bicyclic) bond motifs is 3. The van der Waals surface area contributed by atoms with Crippen molar-refractivity contribution in [3.05, 3.63) is 29.8 Å². The van der Waals surface area contributed by atoms with Crippen molar-refractivity contribution in [1.29, 1.82) is 0 Å². The lowest BCUT2D eigenvalue weighted by atomic mass is 9.58. The van der Waals surface area contributed by atoms with Gasteiger partial charge in [0.25, 0.3) is 5.91 Å². The van der Waals surface area contributed by atoms with E-state index in [9.17, 15) is 9.59 Å². The molecule has 1 aromatic carbocycles. The maximum Gasteiger partial charge on any atom is 0.255 e. The molecule has 3 saturated carbocycles. The van der Waals surface area contributed by atoms with E-state index in [0.717, 1.165) is 31.4 Å². The van der Waals surface area contributed by atoms with Crippen molar-refractivity contribution in [3.63, 3.8) is 0 Å². The van der Waals surface area contributed by atoms with Crippen molar-refractivity contribution in [2.24, 2.45) is 23.6 Å². The third-order valence-corrected chi connectivity index (χ3v) is 5.62. The third-order valence-electron chi connectivity index (χ3n) is 5.62. The van der Waals surface area contributed by atoms with Crippen LogP contribution in [0.3, 0.4) is 0 Å². The number of benzene rings is 1. The summed E-state index contributed by atoms with van der Waals surface area (Å²) in [5.41, 5.74) is 3.45. The van der Waals surface area contributed by atoms with Gasteiger partial charge in [0.05, 0.1) is 5.56 Å². The van der Waals surface area contributed by atoms with Crippen LogP contribution in [-0.4, -0.2) is 17.5 Å². The van der Waals surface area contributed by atoms with E-state index >= 15 is 0 Å². The molecule has 0 aromatic heterocycles. The summed E-state index contributed by atoms with van der Waals surface area (Å²) in [4.78, 5) is 24.4. The number of nitrogens with one attached hydrogen (secondary N) is 3. The molecule has 5 rings (SSSR count). The zero-order chi connectivity index (χ0) is 15.3. The Kier molecular flexibility index (Phi) is 2.91. The number of hydrogen-bond acceptors (Lipinski definition) is 4. The lowest BCUT2D eigenvalue weighted by Gasteiger charge is -2.56. The highest BCUT2D eigenvalue weighted by molar-refractivity contribution is 6.02. The topological polar surface area (TPSA) is 96.2 Å². The fraction of sp³-hybridized carbons (Fsp3) is 0.500. The Morgan fingerprint density at radius 1 is 1.27 bits per heavy atom. The molecule has 0 radical (unpaired) electrons. The largest absolute Gasteiger partial charge is 0.362 e. The number of rotatable bonds is 1. The summed E-state index contributed by atoms with van der Waals surface area (Å²) in [6.07, 6.45) is 3.58. The quantitative estimate of drug-likeness (QED) is 0.353. The lowest BCUT2D eigenvalue weighted by molar-refractivity contribution is -0.132. The number of para-hydroxylation sites is 1. The van der Waals surface area contributed by atoms with Gasteiger partial charge in [0, 0.05) is 17.5 Å². The molecule has 5 N–H and O–H groups in total. The Morgan fingerprint density at radius 3 is 2.82 bits per heavy atom. The van der Waals surface area contributed by atoms with E-state index in [1.807, 2.05) is 24.3 Å². The minimum Gasteiger partial charge on any atom is -0.362 e. The molecule has 0 saturated heterocycles. The van der Waals surface area contributed by atoms with Crippen molar-refractivity contribution < 1.29 is 9.59 Å². The summed E-state index contributed by atoms with van der Waals surface area (Å²) in [7, 11) is 0. The predicted octanol–water partition coefficient (Wildman–Crippen LogP) is 0.964. The zero-order valence-electron chi connectivity index (χ0n) is 12.3. The molecule has 4 atom stereocenters. The average molecular weight is 300 g/mol. The monoisotopic (exact) mass is 300 g/mol. The lowest BCUT2D eigenvalue weighted by Crippen LogP contribution is -2.68. The highest BCUT2D eigenvalue weighted by Gasteiger charge is 2.55. The number of anilines is 1. The van der Waals surface area contributed by atoms with Gasteiger partial charge in [0.15, 0.2) is 0 Å². The van der Waals surface area contributed by atoms with E-state index in [4.69, 9.17) is 5.84 Å². The van der Waals surface area contributed by atoms with Gasteiger partial charge in [0.1, 0.15) is 5.66 Å². The molecule has 116 valence electrons. The summed E-state index contributed by atoms with van der Waals surface area (Å²) in [6.45, 7) is 0. The second-order valence-electron chi connectivity index (χ2n) is 6.69. The maximum atomic E-state index is 12.5. The number of hydrazine groups is 1. The number of hydrogen-bond donors (Lipinski definition) is 4. The average Bonchev–Trinajstić information content (AvgIpc) is 2.54. The second kappa shape index (κ2) is 4.71. The van der Waals surface area contributed by atoms with Crippen LogP contribution in [0, 0.1) is 17.8 Å². The molecule has 2 amide bonds. The zero-order valence-corrected chi connectivity index (χ0v) is 12.3. The van der Waals surface area contributed by atoms with E-state index in [-0.39, 0.29) is 29.6 Å². The molecule has 1 aliphatic heterocycles. The van der Waals surface area contributed by atoms with Crippen molar-refractivity contribution in [3.8, 4) is 0 Å². The van der Waals surface area contributed by atoms with Crippen LogP contribution in [0.25, 0.3) is 0 Å². The fourth-order valence-corrected chi connectivity index (χ4v) is 4.57. The van der Waals surface area contributed by atoms with Crippen LogP contribution >= 0.6 is 0 Å². The smallest absolute Gasteiger partial charge is 0.255 e. The van der Waals surface area contributed by atoms with Gasteiger partial charge >= 0.3 is 0 Å². The normalized spacial score (nSPS) is 35.5. The van der Waals surface area contributed by atoms with Gasteiger partial charge in [-0.15, -0.1) is 0 Å². The molecular formula is C16H20N4O2. The molecule has 3 aliphatic carbocycles. The minimum absolute atomic E-state index is 0.0262. The first-order valence-corrected chi connectivity index (χ1v) is 7.83. The molecule has 4 aliphatic rings. The Balaban J connectivity index is 1.65. The van der Waals surface area contributed by atoms with Crippen molar-refractivity contribution in [2.45, 2.75) is 31.3 Å². The molecule has 6 heteroatoms. The number of nitrogens with two attached hydrogens (primary N) is 1. The van der Waals surface area contributed by atoms with Gasteiger partial charge in [-0.3, -0.25) is 15.0 Å². The van der Waals surface area contributed by atoms with Gasteiger partial charge in [0.2, 0.25) is 5.91 Å². The first-order valence-electron chi connectivity index (χ1n) is 7.83. The summed E-state index contributed by atoms with van der Waals surface area (Å²) in [5, 5.41) is 6.74. The molecule has 1 aromatic rings. The molecular weight excluding hydrogens is 280 g/mol. The SMILES string of the molecule is NNC(=O)[C@H]1C[C@H]2CC[C@H]1C[C@]21NC(=O)c2ccccc2N1. The molecule has 2 bridgehead atoms. The van der Waals surface area contributed by atoms with Crippen LogP contribution in [0.15, 0.2) is 24.3 Å². The number of carbonyl (C=O) groups is 2. The molecule has 6 nitrogen and oxygen atoms in total. The Hall–Kier alpha value is -2.08. The first kappa shape index (κ1) is 13.6. The van der Waals surface area contributed by atoms with Gasteiger partial charge in [-0.2, -0.15) is 0 Å². The van der Waals surface area contributed by atoms with Crippen molar-refractivity contribution in [2.75, 3.05) is 5.32 Å². The number of carbonyl (C=O) groups excluding carboxylic acids is 2. The predicted molar refractivity (Wildman–Crippen MR) is 81.5 cm³/mol. The van der Waals surface area contributed by atoms with Gasteiger partial charge in [-0.05, 0) is 43.7 Å². The molecule has 1 heterocycles. The highest BCUT2D eigenvalue weighted by Crippen LogP contribution is 2.51. The van der Waals surface area contributed by atoms with Crippen LogP contribution in [0.5, 0.6) is 0 Å². The van der Waals surface area contributed by atoms with E-state index in [0.29, 0.717) is 5.56 Å². The van der Waals surface area contributed by atoms with Gasteiger partial charge < -0.3 is 10.6 Å². The van der Waals surface area contributed by atoms with Gasteiger partial charge in [-0.1, -0.05) is 12.1 Å². The summed E-state index contributed by atoms with van der Waals surface area (Å²) >= 11 is 0.